The molecule has 30 heavy (non-hydrogen) atoms. The lowest BCUT2D eigenvalue weighted by atomic mass is 10.1. The zero-order valence-corrected chi connectivity index (χ0v) is 16.2. The van der Waals surface area contributed by atoms with Gasteiger partial charge in [0.1, 0.15) is 24.0 Å². The minimum atomic E-state index is -1.97. The molecule has 0 saturated heterocycles. The highest BCUT2D eigenvalue weighted by Gasteiger charge is 2.25. The zero-order chi connectivity index (χ0) is 21.3. The average molecular weight is 412 g/mol. The molecule has 2 heterocycles. The van der Waals surface area contributed by atoms with Crippen LogP contribution in [0.5, 0.6) is 11.5 Å². The fourth-order valence-corrected chi connectivity index (χ4v) is 3.14. The van der Waals surface area contributed by atoms with Crippen LogP contribution in [0, 0.1) is 5.82 Å². The van der Waals surface area contributed by atoms with Crippen LogP contribution in [0.2, 0.25) is 0 Å². The molecule has 0 radical (unpaired) electrons. The molecule has 154 valence electrons. The Morgan fingerprint density at radius 2 is 2.00 bits per heavy atom. The first kappa shape index (κ1) is 19.9. The number of rotatable bonds is 5. The third-order valence-corrected chi connectivity index (χ3v) is 4.42. The van der Waals surface area contributed by atoms with Crippen LogP contribution in [0.3, 0.4) is 0 Å². The van der Waals surface area contributed by atoms with E-state index < -0.39 is 7.32 Å². The van der Waals surface area contributed by atoms with Crippen LogP contribution in [0.4, 0.5) is 10.2 Å². The number of hydrazone groups is 1. The van der Waals surface area contributed by atoms with E-state index in [-0.39, 0.29) is 23.4 Å². The maximum Gasteiger partial charge on any atom is 0.707 e. The first-order chi connectivity index (χ1) is 14.4. The first-order valence-electron chi connectivity index (χ1n) is 9.09. The van der Waals surface area contributed by atoms with E-state index in [0.717, 1.165) is 0 Å². The SMILES string of the molecule is COc1cc(C2=NN(c3ncnc4cc(F)ccc34)CC(C)O2)ccc1OB(O)O. The molecule has 3 aromatic rings. The summed E-state index contributed by atoms with van der Waals surface area (Å²) >= 11 is 0. The second-order valence-corrected chi connectivity index (χ2v) is 6.58. The standard InChI is InChI=1S/C19H18BFN4O5/c1-11-9-25(18-14-5-4-13(21)8-15(14)22-10-23-18)24-19(29-11)12-3-6-16(30-20(26)27)17(7-12)28-2/h3-8,10-11,26-27H,9H2,1-2H3. The summed E-state index contributed by atoms with van der Waals surface area (Å²) in [5.74, 6) is 0.898. The van der Waals surface area contributed by atoms with Crippen LogP contribution < -0.4 is 14.4 Å². The Hall–Kier alpha value is -3.44. The monoisotopic (exact) mass is 412 g/mol. The molecule has 0 spiro atoms. The van der Waals surface area contributed by atoms with Crippen LogP contribution in [0.1, 0.15) is 12.5 Å². The summed E-state index contributed by atoms with van der Waals surface area (Å²) in [5, 5.41) is 25.0. The fourth-order valence-electron chi connectivity index (χ4n) is 3.14. The Bertz CT molecular complexity index is 1110. The number of ether oxygens (including phenoxy) is 2. The summed E-state index contributed by atoms with van der Waals surface area (Å²) in [4.78, 5) is 8.45. The van der Waals surface area contributed by atoms with Crippen molar-refractivity contribution in [1.29, 1.82) is 0 Å². The number of anilines is 1. The van der Waals surface area contributed by atoms with Crippen molar-refractivity contribution in [3.63, 3.8) is 0 Å². The quantitative estimate of drug-likeness (QED) is 0.610. The van der Waals surface area contributed by atoms with Gasteiger partial charge in [0.05, 0.1) is 19.2 Å². The van der Waals surface area contributed by atoms with E-state index in [4.69, 9.17) is 24.2 Å². The van der Waals surface area contributed by atoms with Gasteiger partial charge in [0, 0.05) is 17.0 Å². The molecule has 4 rings (SSSR count). The lowest BCUT2D eigenvalue weighted by Crippen LogP contribution is -2.37. The van der Waals surface area contributed by atoms with Crippen molar-refractivity contribution in [1.82, 2.24) is 9.97 Å². The van der Waals surface area contributed by atoms with Gasteiger partial charge in [0.2, 0.25) is 5.90 Å². The predicted molar refractivity (Wildman–Crippen MR) is 108 cm³/mol. The largest absolute Gasteiger partial charge is 0.707 e. The molecule has 1 unspecified atom stereocenters. The smallest absolute Gasteiger partial charge is 0.509 e. The van der Waals surface area contributed by atoms with E-state index in [9.17, 15) is 4.39 Å². The van der Waals surface area contributed by atoms with Crippen molar-refractivity contribution in [3.8, 4) is 11.5 Å². The van der Waals surface area contributed by atoms with Crippen molar-refractivity contribution in [2.75, 3.05) is 18.7 Å². The van der Waals surface area contributed by atoms with Crippen LogP contribution in [0.25, 0.3) is 10.9 Å². The van der Waals surface area contributed by atoms with Crippen LogP contribution in [-0.2, 0) is 4.74 Å². The van der Waals surface area contributed by atoms with Crippen molar-refractivity contribution < 1.29 is 28.6 Å². The molecule has 0 saturated carbocycles. The van der Waals surface area contributed by atoms with Gasteiger partial charge in [0.25, 0.3) is 0 Å². The number of fused-ring (bicyclic) bond motifs is 1. The number of aromatic nitrogens is 2. The first-order valence-corrected chi connectivity index (χ1v) is 9.09. The van der Waals surface area contributed by atoms with E-state index in [0.29, 0.717) is 34.7 Å². The van der Waals surface area contributed by atoms with Crippen molar-refractivity contribution in [3.05, 3.63) is 54.1 Å². The van der Waals surface area contributed by atoms with Gasteiger partial charge in [-0.1, -0.05) is 0 Å². The summed E-state index contributed by atoms with van der Waals surface area (Å²) < 4.78 is 29.6. The lowest BCUT2D eigenvalue weighted by Gasteiger charge is -2.30. The second-order valence-electron chi connectivity index (χ2n) is 6.58. The molecule has 0 bridgehead atoms. The Labute approximate surface area is 171 Å². The van der Waals surface area contributed by atoms with Gasteiger partial charge in [-0.15, -0.1) is 5.10 Å². The molecule has 1 aromatic heterocycles. The maximum absolute atomic E-state index is 13.6. The fraction of sp³-hybridized carbons (Fsp3) is 0.211. The highest BCUT2D eigenvalue weighted by Crippen LogP contribution is 2.31. The molecule has 1 aliphatic heterocycles. The summed E-state index contributed by atoms with van der Waals surface area (Å²) in [5.41, 5.74) is 1.06. The normalized spacial score (nSPS) is 16.1. The average Bonchev–Trinajstić information content (AvgIpc) is 2.72. The zero-order valence-electron chi connectivity index (χ0n) is 16.2. The molecule has 9 nitrogen and oxygen atoms in total. The Morgan fingerprint density at radius 1 is 1.17 bits per heavy atom. The Balaban J connectivity index is 1.74. The van der Waals surface area contributed by atoms with E-state index in [2.05, 4.69) is 15.1 Å². The van der Waals surface area contributed by atoms with Gasteiger partial charge in [-0.3, -0.25) is 0 Å². The molecule has 0 amide bonds. The molecular formula is C19H18BFN4O5. The number of hydrogen-bond acceptors (Lipinski definition) is 9. The maximum atomic E-state index is 13.6. The van der Waals surface area contributed by atoms with Gasteiger partial charge < -0.3 is 24.2 Å². The van der Waals surface area contributed by atoms with Gasteiger partial charge >= 0.3 is 7.32 Å². The molecule has 11 heteroatoms. The molecule has 0 fully saturated rings. The Morgan fingerprint density at radius 3 is 2.77 bits per heavy atom. The Kier molecular flexibility index (Phi) is 5.38. The van der Waals surface area contributed by atoms with Crippen molar-refractivity contribution in [2.45, 2.75) is 13.0 Å². The number of hydrogen-bond donors (Lipinski definition) is 2. The van der Waals surface area contributed by atoms with Gasteiger partial charge in [-0.2, -0.15) is 0 Å². The van der Waals surface area contributed by atoms with Crippen LogP contribution >= 0.6 is 0 Å². The summed E-state index contributed by atoms with van der Waals surface area (Å²) in [6, 6.07) is 9.09. The molecule has 0 aliphatic carbocycles. The van der Waals surface area contributed by atoms with Gasteiger partial charge in [-0.25, -0.2) is 19.4 Å². The van der Waals surface area contributed by atoms with Crippen molar-refractivity contribution in [2.24, 2.45) is 5.10 Å². The van der Waals surface area contributed by atoms with E-state index in [1.807, 2.05) is 6.92 Å². The number of methoxy groups -OCH3 is 1. The molecule has 1 atom stereocenters. The van der Waals surface area contributed by atoms with Crippen LogP contribution in [-0.4, -0.2) is 53.0 Å². The van der Waals surface area contributed by atoms with Gasteiger partial charge in [0.15, 0.2) is 11.6 Å². The van der Waals surface area contributed by atoms with Crippen LogP contribution in [0.15, 0.2) is 47.8 Å². The summed E-state index contributed by atoms with van der Waals surface area (Å²) in [6.45, 7) is 2.32. The molecular weight excluding hydrogens is 394 g/mol. The summed E-state index contributed by atoms with van der Waals surface area (Å²) in [7, 11) is -0.542. The number of benzene rings is 2. The highest BCUT2D eigenvalue weighted by molar-refractivity contribution is 6.33. The van der Waals surface area contributed by atoms with E-state index in [1.165, 1.54) is 31.6 Å². The minimum Gasteiger partial charge on any atom is -0.509 e. The third kappa shape index (κ3) is 3.98. The second kappa shape index (κ2) is 8.13. The minimum absolute atomic E-state index is 0.154. The van der Waals surface area contributed by atoms with Gasteiger partial charge in [-0.05, 0) is 37.3 Å². The van der Waals surface area contributed by atoms with Crippen molar-refractivity contribution >= 4 is 29.9 Å². The predicted octanol–water partition coefficient (Wildman–Crippen LogP) is 1.71. The number of nitrogens with zero attached hydrogens (tertiary/aromatic N) is 4. The van der Waals surface area contributed by atoms with E-state index >= 15 is 0 Å². The topological polar surface area (TPSA) is 110 Å². The lowest BCUT2D eigenvalue weighted by molar-refractivity contribution is 0.198. The summed E-state index contributed by atoms with van der Waals surface area (Å²) in [6.07, 6.45) is 1.14. The molecule has 2 aromatic carbocycles. The molecule has 1 aliphatic rings. The van der Waals surface area contributed by atoms with E-state index in [1.54, 1.807) is 23.2 Å². The molecule has 2 N–H and O–H groups in total. The number of halogens is 1. The third-order valence-electron chi connectivity index (χ3n) is 4.42. The highest BCUT2D eigenvalue weighted by atomic mass is 19.1.